The second kappa shape index (κ2) is 8.48. The molecule has 0 spiro atoms. The van der Waals surface area contributed by atoms with E-state index in [-0.39, 0.29) is 11.8 Å². The number of para-hydroxylation sites is 1. The third-order valence-electron chi connectivity index (χ3n) is 5.62. The predicted molar refractivity (Wildman–Crippen MR) is 128 cm³/mol. The van der Waals surface area contributed by atoms with Crippen LogP contribution in [0.4, 0.5) is 5.13 Å². The highest BCUT2D eigenvalue weighted by Crippen LogP contribution is 2.32. The number of carbonyl (C=O) groups is 2. The lowest BCUT2D eigenvalue weighted by molar-refractivity contribution is 0.0728. The average molecular weight is 466 g/mol. The highest BCUT2D eigenvalue weighted by atomic mass is 32.1. The molecule has 1 N–H and O–H groups in total. The molecule has 0 unspecified atom stereocenters. The minimum Gasteiger partial charge on any atom is -0.338 e. The summed E-state index contributed by atoms with van der Waals surface area (Å²) >= 11 is 2.65. The SMILES string of the molecule is Cc1nc(NC(=O)c2cc3c(C)nn(-c4ccccc4)c3s2)sc1C(=O)N1CCCCC1. The second-order valence-corrected chi connectivity index (χ2v) is 9.93. The minimum absolute atomic E-state index is 0.0145. The van der Waals surface area contributed by atoms with Crippen molar-refractivity contribution in [3.8, 4) is 5.69 Å². The molecule has 0 atom stereocenters. The quantitative estimate of drug-likeness (QED) is 0.458. The summed E-state index contributed by atoms with van der Waals surface area (Å²) < 4.78 is 1.87. The molecule has 0 radical (unpaired) electrons. The zero-order chi connectivity index (χ0) is 22.2. The van der Waals surface area contributed by atoms with Crippen molar-refractivity contribution in [3.63, 3.8) is 0 Å². The molecule has 4 heterocycles. The fourth-order valence-electron chi connectivity index (χ4n) is 3.95. The standard InChI is InChI=1S/C23H23N5O2S2/c1-14-17-13-18(31-22(17)28(26-14)16-9-5-3-6-10-16)20(29)25-23-24-15(2)19(32-23)21(30)27-11-7-4-8-12-27/h3,5-6,9-10,13H,4,7-8,11-12H2,1-2H3,(H,24,25,29). The van der Waals surface area contributed by atoms with Gasteiger partial charge in [0.1, 0.15) is 9.71 Å². The van der Waals surface area contributed by atoms with Crippen molar-refractivity contribution < 1.29 is 9.59 Å². The number of rotatable bonds is 4. The van der Waals surface area contributed by atoms with E-state index < -0.39 is 0 Å². The molecule has 32 heavy (non-hydrogen) atoms. The van der Waals surface area contributed by atoms with Gasteiger partial charge in [-0.2, -0.15) is 5.10 Å². The van der Waals surface area contributed by atoms with Crippen LogP contribution in [0.15, 0.2) is 36.4 Å². The van der Waals surface area contributed by atoms with Gasteiger partial charge in [0.2, 0.25) is 0 Å². The van der Waals surface area contributed by atoms with Gasteiger partial charge in [-0.1, -0.05) is 29.5 Å². The van der Waals surface area contributed by atoms with Crippen molar-refractivity contribution in [2.24, 2.45) is 0 Å². The number of carbonyl (C=O) groups excluding carboxylic acids is 2. The summed E-state index contributed by atoms with van der Waals surface area (Å²) in [6.45, 7) is 5.34. The first-order valence-electron chi connectivity index (χ1n) is 10.6. The first-order chi connectivity index (χ1) is 15.5. The number of anilines is 1. The van der Waals surface area contributed by atoms with E-state index in [1.165, 1.54) is 29.1 Å². The topological polar surface area (TPSA) is 80.1 Å². The molecule has 9 heteroatoms. The van der Waals surface area contributed by atoms with Crippen LogP contribution in [0.5, 0.6) is 0 Å². The van der Waals surface area contributed by atoms with Crippen molar-refractivity contribution in [1.29, 1.82) is 0 Å². The molecule has 3 aromatic heterocycles. The maximum absolute atomic E-state index is 13.0. The third-order valence-corrected chi connectivity index (χ3v) is 7.79. The van der Waals surface area contributed by atoms with E-state index in [1.54, 1.807) is 0 Å². The Morgan fingerprint density at radius 1 is 1.00 bits per heavy atom. The number of piperidine rings is 1. The average Bonchev–Trinajstić information content (AvgIpc) is 3.49. The largest absolute Gasteiger partial charge is 0.338 e. The van der Waals surface area contributed by atoms with Gasteiger partial charge in [-0.3, -0.25) is 14.9 Å². The number of hydrogen-bond acceptors (Lipinski definition) is 6. The van der Waals surface area contributed by atoms with Crippen LogP contribution in [0.2, 0.25) is 0 Å². The van der Waals surface area contributed by atoms with Gasteiger partial charge in [-0.25, -0.2) is 9.67 Å². The number of nitrogens with one attached hydrogen (secondary N) is 1. The van der Waals surface area contributed by atoms with Gasteiger partial charge in [-0.15, -0.1) is 11.3 Å². The summed E-state index contributed by atoms with van der Waals surface area (Å²) in [7, 11) is 0. The molecular weight excluding hydrogens is 442 g/mol. The van der Waals surface area contributed by atoms with Crippen LogP contribution >= 0.6 is 22.7 Å². The van der Waals surface area contributed by atoms with Crippen LogP contribution in [-0.2, 0) is 0 Å². The fraction of sp³-hybridized carbons (Fsp3) is 0.304. The van der Waals surface area contributed by atoms with Gasteiger partial charge in [0.25, 0.3) is 11.8 Å². The molecule has 7 nitrogen and oxygen atoms in total. The minimum atomic E-state index is -0.226. The van der Waals surface area contributed by atoms with Crippen molar-refractivity contribution in [3.05, 3.63) is 57.5 Å². The van der Waals surface area contributed by atoms with Gasteiger partial charge >= 0.3 is 0 Å². The number of amides is 2. The van der Waals surface area contributed by atoms with Crippen LogP contribution in [0.3, 0.4) is 0 Å². The molecule has 5 rings (SSSR count). The Balaban J connectivity index is 1.38. The lowest BCUT2D eigenvalue weighted by Crippen LogP contribution is -2.35. The van der Waals surface area contributed by atoms with Crippen molar-refractivity contribution in [2.75, 3.05) is 18.4 Å². The third kappa shape index (κ3) is 3.82. The second-order valence-electron chi connectivity index (χ2n) is 7.90. The number of thiophene rings is 1. The Morgan fingerprint density at radius 3 is 2.50 bits per heavy atom. The molecule has 1 aromatic carbocycles. The summed E-state index contributed by atoms with van der Waals surface area (Å²) in [6.07, 6.45) is 3.25. The van der Waals surface area contributed by atoms with Gasteiger partial charge in [0, 0.05) is 18.5 Å². The molecule has 1 saturated heterocycles. The van der Waals surface area contributed by atoms with E-state index in [0.29, 0.717) is 20.6 Å². The van der Waals surface area contributed by atoms with Gasteiger partial charge < -0.3 is 4.90 Å². The predicted octanol–water partition coefficient (Wildman–Crippen LogP) is 5.04. The normalized spacial score (nSPS) is 14.1. The maximum atomic E-state index is 13.0. The number of benzene rings is 1. The fourth-order valence-corrected chi connectivity index (χ4v) is 5.96. The lowest BCUT2D eigenvalue weighted by Gasteiger charge is -2.26. The smallest absolute Gasteiger partial charge is 0.267 e. The van der Waals surface area contributed by atoms with Crippen LogP contribution < -0.4 is 5.32 Å². The molecule has 0 aliphatic carbocycles. The highest BCUT2D eigenvalue weighted by molar-refractivity contribution is 7.21. The van der Waals surface area contributed by atoms with Crippen molar-refractivity contribution in [2.45, 2.75) is 33.1 Å². The van der Waals surface area contributed by atoms with Crippen LogP contribution in [0.25, 0.3) is 15.9 Å². The lowest BCUT2D eigenvalue weighted by atomic mass is 10.1. The zero-order valence-electron chi connectivity index (χ0n) is 17.9. The van der Waals surface area contributed by atoms with E-state index in [9.17, 15) is 9.59 Å². The Morgan fingerprint density at radius 2 is 1.75 bits per heavy atom. The number of aryl methyl sites for hydroxylation is 2. The van der Waals surface area contributed by atoms with Crippen LogP contribution in [0, 0.1) is 13.8 Å². The van der Waals surface area contributed by atoms with E-state index in [4.69, 9.17) is 0 Å². The molecule has 4 aromatic rings. The van der Waals surface area contributed by atoms with Gasteiger partial charge in [0.15, 0.2) is 5.13 Å². The number of hydrogen-bond donors (Lipinski definition) is 1. The molecule has 0 bridgehead atoms. The molecular formula is C23H23N5O2S2. The summed E-state index contributed by atoms with van der Waals surface area (Å²) in [5.41, 5.74) is 2.49. The van der Waals surface area contributed by atoms with Crippen molar-refractivity contribution >= 4 is 49.8 Å². The van der Waals surface area contributed by atoms with Crippen LogP contribution in [0.1, 0.15) is 50.0 Å². The number of fused-ring (bicyclic) bond motifs is 1. The van der Waals surface area contributed by atoms with Gasteiger partial charge in [0.05, 0.1) is 22.0 Å². The van der Waals surface area contributed by atoms with E-state index in [0.717, 1.165) is 47.5 Å². The molecule has 164 valence electrons. The van der Waals surface area contributed by atoms with E-state index >= 15 is 0 Å². The first-order valence-corrected chi connectivity index (χ1v) is 12.3. The summed E-state index contributed by atoms with van der Waals surface area (Å²) in [5, 5.41) is 8.92. The number of aromatic nitrogens is 3. The zero-order valence-corrected chi connectivity index (χ0v) is 19.6. The van der Waals surface area contributed by atoms with Gasteiger partial charge in [-0.05, 0) is 51.3 Å². The number of thiazole rings is 1. The molecule has 2 amide bonds. The molecule has 1 aliphatic rings. The summed E-state index contributed by atoms with van der Waals surface area (Å²) in [4.78, 5) is 34.3. The summed E-state index contributed by atoms with van der Waals surface area (Å²) in [5.74, 6) is -0.212. The van der Waals surface area contributed by atoms with Crippen LogP contribution in [-0.4, -0.2) is 44.6 Å². The number of nitrogens with zero attached hydrogens (tertiary/aromatic N) is 4. The number of likely N-dealkylation sites (tertiary alicyclic amines) is 1. The monoisotopic (exact) mass is 465 g/mol. The first kappa shape index (κ1) is 20.8. The highest BCUT2D eigenvalue weighted by Gasteiger charge is 2.24. The maximum Gasteiger partial charge on any atom is 0.267 e. The Hall–Kier alpha value is -3.04. The Bertz CT molecular complexity index is 1300. The van der Waals surface area contributed by atoms with Crippen molar-refractivity contribution in [1.82, 2.24) is 19.7 Å². The van der Waals surface area contributed by atoms with E-state index in [1.807, 2.05) is 59.8 Å². The summed E-state index contributed by atoms with van der Waals surface area (Å²) in [6, 6.07) is 11.7. The van der Waals surface area contributed by atoms with E-state index in [2.05, 4.69) is 15.4 Å². The Kier molecular flexibility index (Phi) is 5.52. The molecule has 1 fully saturated rings. The molecule has 0 saturated carbocycles. The Labute approximate surface area is 193 Å². The molecule has 1 aliphatic heterocycles.